The first-order chi connectivity index (χ1) is 11.1. The molecule has 1 unspecified atom stereocenters. The minimum absolute atomic E-state index is 0.0125. The van der Waals surface area contributed by atoms with Crippen molar-refractivity contribution in [2.45, 2.75) is 51.1 Å². The number of nitrogens with zero attached hydrogens (tertiary/aromatic N) is 2. The monoisotopic (exact) mass is 336 g/mol. The SMILES string of the molecule is CC(NC(=NCC(=O)N(C)C)NC1CCCCC1)c1cccs1. The zero-order valence-corrected chi connectivity index (χ0v) is 15.2. The molecule has 1 aliphatic rings. The van der Waals surface area contributed by atoms with E-state index in [1.807, 2.05) is 0 Å². The molecule has 23 heavy (non-hydrogen) atoms. The molecule has 0 aliphatic heterocycles. The minimum Gasteiger partial charge on any atom is -0.354 e. The van der Waals surface area contributed by atoms with E-state index >= 15 is 0 Å². The summed E-state index contributed by atoms with van der Waals surface area (Å²) < 4.78 is 0. The standard InChI is InChI=1S/C17H28N4OS/c1-13(15-10-7-11-23-15)19-17(18-12-16(22)21(2)3)20-14-8-5-4-6-9-14/h7,10-11,13-14H,4-6,8-9,12H2,1-3H3,(H2,18,19,20). The lowest BCUT2D eigenvalue weighted by atomic mass is 9.96. The zero-order valence-electron chi connectivity index (χ0n) is 14.3. The van der Waals surface area contributed by atoms with Crippen LogP contribution in [0.25, 0.3) is 0 Å². The van der Waals surface area contributed by atoms with Crippen LogP contribution in [0.1, 0.15) is 49.9 Å². The van der Waals surface area contributed by atoms with Gasteiger partial charge in [0.2, 0.25) is 5.91 Å². The summed E-state index contributed by atoms with van der Waals surface area (Å²) in [6, 6.07) is 4.81. The van der Waals surface area contributed by atoms with E-state index in [1.54, 1.807) is 30.3 Å². The molecule has 128 valence electrons. The van der Waals surface area contributed by atoms with Crippen LogP contribution in [0.5, 0.6) is 0 Å². The molecule has 1 aromatic rings. The molecule has 0 bridgehead atoms. The number of guanidine groups is 1. The number of likely N-dealkylation sites (N-methyl/N-ethyl adjacent to an activating group) is 1. The summed E-state index contributed by atoms with van der Waals surface area (Å²) in [5.74, 6) is 0.756. The van der Waals surface area contributed by atoms with Gasteiger partial charge in [-0.2, -0.15) is 0 Å². The molecule has 1 saturated carbocycles. The summed E-state index contributed by atoms with van der Waals surface area (Å²) in [5.41, 5.74) is 0. The summed E-state index contributed by atoms with van der Waals surface area (Å²) in [5, 5.41) is 9.03. The fourth-order valence-corrected chi connectivity index (χ4v) is 3.41. The van der Waals surface area contributed by atoms with Crippen LogP contribution in [0, 0.1) is 0 Å². The van der Waals surface area contributed by atoms with E-state index < -0.39 is 0 Å². The summed E-state index contributed by atoms with van der Waals surface area (Å²) >= 11 is 1.73. The fourth-order valence-electron chi connectivity index (χ4n) is 2.68. The van der Waals surface area contributed by atoms with Gasteiger partial charge in [-0.3, -0.25) is 4.79 Å². The Morgan fingerprint density at radius 3 is 2.74 bits per heavy atom. The average molecular weight is 337 g/mol. The number of amides is 1. The molecule has 2 N–H and O–H groups in total. The highest BCUT2D eigenvalue weighted by molar-refractivity contribution is 7.10. The molecule has 1 aromatic heterocycles. The van der Waals surface area contributed by atoms with Gasteiger partial charge in [0.25, 0.3) is 0 Å². The van der Waals surface area contributed by atoms with Crippen molar-refractivity contribution in [2.75, 3.05) is 20.6 Å². The Bertz CT molecular complexity index is 507. The molecular formula is C17H28N4OS. The van der Waals surface area contributed by atoms with Gasteiger partial charge >= 0.3 is 0 Å². The molecule has 1 amide bonds. The van der Waals surface area contributed by atoms with Crippen molar-refractivity contribution in [1.29, 1.82) is 0 Å². The number of rotatable bonds is 5. The van der Waals surface area contributed by atoms with Gasteiger partial charge in [0.15, 0.2) is 5.96 Å². The van der Waals surface area contributed by atoms with Crippen LogP contribution in [0.4, 0.5) is 0 Å². The van der Waals surface area contributed by atoms with Gasteiger partial charge in [0, 0.05) is 25.0 Å². The van der Waals surface area contributed by atoms with E-state index in [9.17, 15) is 4.79 Å². The fraction of sp³-hybridized carbons (Fsp3) is 0.647. The van der Waals surface area contributed by atoms with Crippen molar-refractivity contribution in [3.8, 4) is 0 Å². The molecule has 0 aromatic carbocycles. The van der Waals surface area contributed by atoms with Gasteiger partial charge < -0.3 is 15.5 Å². The zero-order chi connectivity index (χ0) is 16.7. The maximum absolute atomic E-state index is 11.8. The number of thiophene rings is 1. The van der Waals surface area contributed by atoms with Crippen LogP contribution in [0.15, 0.2) is 22.5 Å². The predicted molar refractivity (Wildman–Crippen MR) is 96.9 cm³/mol. The number of aliphatic imine (C=N–C) groups is 1. The summed E-state index contributed by atoms with van der Waals surface area (Å²) in [6.07, 6.45) is 6.21. The average Bonchev–Trinajstić information content (AvgIpc) is 3.07. The molecular weight excluding hydrogens is 308 g/mol. The van der Waals surface area contributed by atoms with Crippen LogP contribution in [-0.4, -0.2) is 43.4 Å². The summed E-state index contributed by atoms with van der Waals surface area (Å²) in [7, 11) is 3.52. The molecule has 2 rings (SSSR count). The first kappa shape index (κ1) is 17.8. The number of carbonyl (C=O) groups is 1. The Morgan fingerprint density at radius 1 is 1.39 bits per heavy atom. The van der Waals surface area contributed by atoms with E-state index in [0.29, 0.717) is 6.04 Å². The minimum atomic E-state index is 0.0125. The summed E-state index contributed by atoms with van der Waals surface area (Å²) in [4.78, 5) is 19.2. The highest BCUT2D eigenvalue weighted by Crippen LogP contribution is 2.19. The third-order valence-corrected chi connectivity index (χ3v) is 5.20. The smallest absolute Gasteiger partial charge is 0.243 e. The first-order valence-corrected chi connectivity index (χ1v) is 9.25. The third-order valence-electron chi connectivity index (χ3n) is 4.14. The Hall–Kier alpha value is -1.56. The van der Waals surface area contributed by atoms with Gasteiger partial charge in [-0.25, -0.2) is 4.99 Å². The maximum Gasteiger partial charge on any atom is 0.243 e. The van der Waals surface area contributed by atoms with Crippen LogP contribution in [-0.2, 0) is 4.79 Å². The van der Waals surface area contributed by atoms with Gasteiger partial charge in [-0.15, -0.1) is 11.3 Å². The normalized spacial score (nSPS) is 17.6. The molecule has 1 atom stereocenters. The van der Waals surface area contributed by atoms with Crippen LogP contribution in [0.3, 0.4) is 0 Å². The lowest BCUT2D eigenvalue weighted by Gasteiger charge is -2.26. The lowest BCUT2D eigenvalue weighted by Crippen LogP contribution is -2.45. The van der Waals surface area contributed by atoms with Crippen molar-refractivity contribution < 1.29 is 4.79 Å². The molecule has 1 heterocycles. The second-order valence-corrected chi connectivity index (χ2v) is 7.29. The quantitative estimate of drug-likeness (QED) is 0.642. The molecule has 0 saturated heterocycles. The van der Waals surface area contributed by atoms with Crippen molar-refractivity contribution in [3.63, 3.8) is 0 Å². The van der Waals surface area contributed by atoms with E-state index in [0.717, 1.165) is 5.96 Å². The number of hydrogen-bond donors (Lipinski definition) is 2. The lowest BCUT2D eigenvalue weighted by molar-refractivity contribution is -0.127. The molecule has 0 spiro atoms. The van der Waals surface area contributed by atoms with E-state index in [2.05, 4.69) is 40.1 Å². The molecule has 1 fully saturated rings. The van der Waals surface area contributed by atoms with Crippen molar-refractivity contribution >= 4 is 23.2 Å². The van der Waals surface area contributed by atoms with E-state index in [4.69, 9.17) is 0 Å². The van der Waals surface area contributed by atoms with Crippen LogP contribution >= 0.6 is 11.3 Å². The number of nitrogens with one attached hydrogen (secondary N) is 2. The van der Waals surface area contributed by atoms with Crippen LogP contribution < -0.4 is 10.6 Å². The Balaban J connectivity index is 2.00. The van der Waals surface area contributed by atoms with Gasteiger partial charge in [0.05, 0.1) is 6.04 Å². The molecule has 1 aliphatic carbocycles. The molecule has 0 radical (unpaired) electrons. The van der Waals surface area contributed by atoms with E-state index in [-0.39, 0.29) is 18.5 Å². The van der Waals surface area contributed by atoms with Crippen LogP contribution in [0.2, 0.25) is 0 Å². The highest BCUT2D eigenvalue weighted by Gasteiger charge is 2.17. The Kier molecular flexibility index (Phi) is 6.89. The van der Waals surface area contributed by atoms with E-state index in [1.165, 1.54) is 37.0 Å². The number of carbonyl (C=O) groups excluding carboxylic acids is 1. The predicted octanol–water partition coefficient (Wildman–Crippen LogP) is 2.77. The maximum atomic E-state index is 11.8. The van der Waals surface area contributed by atoms with Gasteiger partial charge in [0.1, 0.15) is 6.54 Å². The molecule has 5 nitrogen and oxygen atoms in total. The van der Waals surface area contributed by atoms with Gasteiger partial charge in [-0.1, -0.05) is 25.3 Å². The van der Waals surface area contributed by atoms with Crippen molar-refractivity contribution in [3.05, 3.63) is 22.4 Å². The summed E-state index contributed by atoms with van der Waals surface area (Å²) in [6.45, 7) is 2.30. The number of hydrogen-bond acceptors (Lipinski definition) is 3. The molecule has 6 heteroatoms. The topological polar surface area (TPSA) is 56.7 Å². The van der Waals surface area contributed by atoms with Crippen molar-refractivity contribution in [1.82, 2.24) is 15.5 Å². The Morgan fingerprint density at radius 2 is 2.13 bits per heavy atom. The third kappa shape index (κ3) is 5.86. The van der Waals surface area contributed by atoms with Gasteiger partial charge in [-0.05, 0) is 31.2 Å². The first-order valence-electron chi connectivity index (χ1n) is 8.37. The second-order valence-electron chi connectivity index (χ2n) is 6.31. The largest absolute Gasteiger partial charge is 0.354 e. The second kappa shape index (κ2) is 8.91. The Labute approximate surface area is 143 Å². The highest BCUT2D eigenvalue weighted by atomic mass is 32.1. The van der Waals surface area contributed by atoms with Crippen molar-refractivity contribution in [2.24, 2.45) is 4.99 Å².